The van der Waals surface area contributed by atoms with Crippen LogP contribution in [0.2, 0.25) is 0 Å². The van der Waals surface area contributed by atoms with Gasteiger partial charge in [-0.3, -0.25) is 4.79 Å². The van der Waals surface area contributed by atoms with E-state index < -0.39 is 28.6 Å². The Balaban J connectivity index is 2.27. The topological polar surface area (TPSA) is 138 Å². The molecule has 2 heterocycles. The zero-order valence-corrected chi connectivity index (χ0v) is 10.5. The molecule has 0 spiro atoms. The van der Waals surface area contributed by atoms with Crippen molar-refractivity contribution in [3.05, 3.63) is 24.5 Å². The first-order chi connectivity index (χ1) is 8.92. The van der Waals surface area contributed by atoms with Crippen molar-refractivity contribution in [1.82, 2.24) is 14.7 Å². The summed E-state index contributed by atoms with van der Waals surface area (Å²) < 4.78 is 26.1. The predicted molar refractivity (Wildman–Crippen MR) is 66.5 cm³/mol. The van der Waals surface area contributed by atoms with Gasteiger partial charge < -0.3 is 15.8 Å². The number of hydrogen-bond donors (Lipinski definition) is 4. The van der Waals surface area contributed by atoms with E-state index in [-0.39, 0.29) is 4.90 Å². The first kappa shape index (κ1) is 13.5. The number of carbonyl (C=O) groups is 1. The van der Waals surface area contributed by atoms with Gasteiger partial charge in [-0.05, 0) is 12.1 Å². The molecule has 0 bridgehead atoms. The summed E-state index contributed by atoms with van der Waals surface area (Å²) in [7, 11) is -3.86. The van der Waals surface area contributed by atoms with Gasteiger partial charge in [-0.1, -0.05) is 0 Å². The summed E-state index contributed by atoms with van der Waals surface area (Å²) in [5, 5.41) is 9.60. The molecule has 0 aromatic carbocycles. The lowest BCUT2D eigenvalue weighted by Gasteiger charge is -2.08. The number of primary amides is 1. The number of aliphatic hydroxyl groups excluding tert-OH is 1. The van der Waals surface area contributed by atoms with Crippen molar-refractivity contribution in [2.75, 3.05) is 6.54 Å². The number of nitrogens with two attached hydrogens (primary N) is 1. The Labute approximate surface area is 108 Å². The fourth-order valence-corrected chi connectivity index (χ4v) is 2.72. The van der Waals surface area contributed by atoms with Crippen molar-refractivity contribution in [2.24, 2.45) is 5.73 Å². The number of nitrogens with zero attached hydrogens (tertiary/aromatic N) is 1. The minimum absolute atomic E-state index is 0.00716. The molecule has 0 aliphatic rings. The van der Waals surface area contributed by atoms with E-state index in [0.717, 1.165) is 0 Å². The second kappa shape index (κ2) is 4.96. The highest BCUT2D eigenvalue weighted by molar-refractivity contribution is 7.89. The van der Waals surface area contributed by atoms with Crippen molar-refractivity contribution in [2.45, 2.75) is 11.0 Å². The van der Waals surface area contributed by atoms with Crippen molar-refractivity contribution in [3.63, 3.8) is 0 Å². The molecule has 102 valence electrons. The van der Waals surface area contributed by atoms with Crippen molar-refractivity contribution < 1.29 is 18.3 Å². The standard InChI is InChI=1S/C10H12N4O4S/c11-9(16)7(15)4-14-19(17,18)8-5-13-10-6(8)2-1-3-12-10/h1-3,5,7,14-15H,4H2,(H2,11,16)(H,12,13). The van der Waals surface area contributed by atoms with Gasteiger partial charge in [-0.15, -0.1) is 0 Å². The molecule has 1 unspecified atom stereocenters. The molecule has 1 amide bonds. The average molecular weight is 284 g/mol. The van der Waals surface area contributed by atoms with E-state index in [1.54, 1.807) is 12.1 Å². The van der Waals surface area contributed by atoms with Gasteiger partial charge in [-0.2, -0.15) is 0 Å². The van der Waals surface area contributed by atoms with Crippen molar-refractivity contribution in [3.8, 4) is 0 Å². The molecule has 5 N–H and O–H groups in total. The maximum absolute atomic E-state index is 12.0. The van der Waals surface area contributed by atoms with Crippen LogP contribution in [0.1, 0.15) is 0 Å². The van der Waals surface area contributed by atoms with E-state index in [4.69, 9.17) is 5.73 Å². The number of sulfonamides is 1. The Kier molecular flexibility index (Phi) is 3.51. The second-order valence-electron chi connectivity index (χ2n) is 3.82. The number of rotatable bonds is 5. The lowest BCUT2D eigenvalue weighted by Crippen LogP contribution is -2.39. The number of aromatic amines is 1. The smallest absolute Gasteiger partial charge is 0.247 e. The number of amides is 1. The van der Waals surface area contributed by atoms with Crippen LogP contribution in [0.4, 0.5) is 0 Å². The summed E-state index contributed by atoms with van der Waals surface area (Å²) in [5.74, 6) is -0.997. The van der Waals surface area contributed by atoms with E-state index >= 15 is 0 Å². The van der Waals surface area contributed by atoms with Gasteiger partial charge in [0.05, 0.1) is 0 Å². The van der Waals surface area contributed by atoms with Crippen LogP contribution in [0.15, 0.2) is 29.4 Å². The summed E-state index contributed by atoms with van der Waals surface area (Å²) in [4.78, 5) is 17.3. The third-order valence-electron chi connectivity index (χ3n) is 2.50. The van der Waals surface area contributed by atoms with Gasteiger partial charge >= 0.3 is 0 Å². The molecule has 0 aliphatic heterocycles. The van der Waals surface area contributed by atoms with Gasteiger partial charge in [0, 0.05) is 24.3 Å². The molecular formula is C10H12N4O4S. The molecule has 0 fully saturated rings. The zero-order chi connectivity index (χ0) is 14.0. The molecule has 2 aromatic heterocycles. The Bertz CT molecular complexity index is 709. The van der Waals surface area contributed by atoms with Gasteiger partial charge in [-0.25, -0.2) is 18.1 Å². The summed E-state index contributed by atoms with van der Waals surface area (Å²) in [6, 6.07) is 3.20. The molecule has 2 rings (SSSR count). The highest BCUT2D eigenvalue weighted by Gasteiger charge is 2.21. The van der Waals surface area contributed by atoms with E-state index in [0.29, 0.717) is 11.0 Å². The van der Waals surface area contributed by atoms with Crippen LogP contribution in [0.3, 0.4) is 0 Å². The SMILES string of the molecule is NC(=O)C(O)CNS(=O)(=O)c1c[nH]c2ncccc12. The van der Waals surface area contributed by atoms with Crippen molar-refractivity contribution >= 4 is 27.0 Å². The first-order valence-corrected chi connectivity index (χ1v) is 6.79. The van der Waals surface area contributed by atoms with Crippen LogP contribution in [0, 0.1) is 0 Å². The fraction of sp³-hybridized carbons (Fsp3) is 0.200. The number of fused-ring (bicyclic) bond motifs is 1. The normalized spacial score (nSPS) is 13.5. The monoisotopic (exact) mass is 284 g/mol. The van der Waals surface area contributed by atoms with Gasteiger partial charge in [0.15, 0.2) is 0 Å². The van der Waals surface area contributed by atoms with Crippen LogP contribution in [-0.2, 0) is 14.8 Å². The van der Waals surface area contributed by atoms with E-state index in [1.807, 2.05) is 0 Å². The van der Waals surface area contributed by atoms with E-state index in [9.17, 15) is 18.3 Å². The van der Waals surface area contributed by atoms with Crippen LogP contribution < -0.4 is 10.5 Å². The number of hydrogen-bond acceptors (Lipinski definition) is 5. The molecule has 19 heavy (non-hydrogen) atoms. The lowest BCUT2D eigenvalue weighted by molar-refractivity contribution is -0.125. The number of carbonyl (C=O) groups excluding carboxylic acids is 1. The Morgan fingerprint density at radius 1 is 1.58 bits per heavy atom. The van der Waals surface area contributed by atoms with Crippen LogP contribution in [0.25, 0.3) is 11.0 Å². The third kappa shape index (κ3) is 2.72. The number of aromatic nitrogens is 2. The molecular weight excluding hydrogens is 272 g/mol. The molecule has 9 heteroatoms. The largest absolute Gasteiger partial charge is 0.382 e. The number of nitrogens with one attached hydrogen (secondary N) is 2. The highest BCUT2D eigenvalue weighted by Crippen LogP contribution is 2.20. The van der Waals surface area contributed by atoms with Crippen molar-refractivity contribution in [1.29, 1.82) is 0 Å². The van der Waals surface area contributed by atoms with Crippen LogP contribution >= 0.6 is 0 Å². The quantitative estimate of drug-likeness (QED) is 0.540. The van der Waals surface area contributed by atoms with E-state index in [2.05, 4.69) is 14.7 Å². The summed E-state index contributed by atoms with van der Waals surface area (Å²) >= 11 is 0. The minimum atomic E-state index is -3.86. The maximum Gasteiger partial charge on any atom is 0.247 e. The van der Waals surface area contributed by atoms with Gasteiger partial charge in [0.25, 0.3) is 0 Å². The average Bonchev–Trinajstić information content (AvgIpc) is 2.80. The molecule has 0 saturated heterocycles. The Hall–Kier alpha value is -1.97. The Morgan fingerprint density at radius 2 is 2.32 bits per heavy atom. The lowest BCUT2D eigenvalue weighted by atomic mass is 10.3. The molecule has 1 atom stereocenters. The molecule has 8 nitrogen and oxygen atoms in total. The van der Waals surface area contributed by atoms with Gasteiger partial charge in [0.2, 0.25) is 15.9 Å². The predicted octanol–water partition coefficient (Wildman–Crippen LogP) is -1.31. The molecule has 2 aromatic rings. The zero-order valence-electron chi connectivity index (χ0n) is 9.70. The molecule has 0 radical (unpaired) electrons. The summed E-state index contributed by atoms with van der Waals surface area (Å²) in [6.07, 6.45) is 1.24. The van der Waals surface area contributed by atoms with Gasteiger partial charge in [0.1, 0.15) is 16.6 Å². The molecule has 0 saturated carbocycles. The fourth-order valence-electron chi connectivity index (χ4n) is 1.52. The number of aliphatic hydroxyl groups is 1. The third-order valence-corrected chi connectivity index (χ3v) is 3.96. The summed E-state index contributed by atoms with van der Waals surface area (Å²) in [5.41, 5.74) is 5.26. The number of H-pyrrole nitrogens is 1. The van der Waals surface area contributed by atoms with E-state index in [1.165, 1.54) is 12.4 Å². The maximum atomic E-state index is 12.0. The van der Waals surface area contributed by atoms with Crippen LogP contribution in [0.5, 0.6) is 0 Å². The first-order valence-electron chi connectivity index (χ1n) is 5.31. The Morgan fingerprint density at radius 3 is 3.00 bits per heavy atom. The summed E-state index contributed by atoms with van der Waals surface area (Å²) in [6.45, 7) is -0.482. The highest BCUT2D eigenvalue weighted by atomic mass is 32.2. The number of pyridine rings is 1. The minimum Gasteiger partial charge on any atom is -0.382 e. The van der Waals surface area contributed by atoms with Crippen LogP contribution in [-0.4, -0.2) is 42.0 Å². The second-order valence-corrected chi connectivity index (χ2v) is 5.56. The molecule has 0 aliphatic carbocycles.